The molecule has 0 aromatic carbocycles. The van der Waals surface area contributed by atoms with Gasteiger partial charge in [0, 0.05) is 30.6 Å². The highest BCUT2D eigenvalue weighted by Crippen LogP contribution is 2.24. The fraction of sp³-hybridized carbons (Fsp3) is 0.611. The Morgan fingerprint density at radius 1 is 1.48 bits per heavy atom. The van der Waals surface area contributed by atoms with Crippen LogP contribution < -0.4 is 5.32 Å². The molecule has 5 heteroatoms. The first-order valence-electron chi connectivity index (χ1n) is 8.19. The van der Waals surface area contributed by atoms with Gasteiger partial charge in [-0.05, 0) is 58.0 Å². The number of hydrogen-bond acceptors (Lipinski definition) is 4. The highest BCUT2D eigenvalue weighted by Gasteiger charge is 2.23. The maximum atomic E-state index is 12.0. The first-order chi connectivity index (χ1) is 10.8. The first-order valence-corrected chi connectivity index (χ1v) is 9.07. The van der Waals surface area contributed by atoms with E-state index in [4.69, 9.17) is 4.74 Å². The fourth-order valence-electron chi connectivity index (χ4n) is 2.57. The molecule has 0 saturated heterocycles. The lowest BCUT2D eigenvalue weighted by atomic mass is 10.1. The molecule has 0 radical (unpaired) electrons. The van der Waals surface area contributed by atoms with Gasteiger partial charge in [-0.25, -0.2) is 4.79 Å². The van der Waals surface area contributed by atoms with Gasteiger partial charge in [-0.3, -0.25) is 0 Å². The van der Waals surface area contributed by atoms with E-state index < -0.39 is 5.60 Å². The van der Waals surface area contributed by atoms with Gasteiger partial charge in [0.15, 0.2) is 0 Å². The Hall–Kier alpha value is -1.33. The van der Waals surface area contributed by atoms with Crippen LogP contribution in [0.5, 0.6) is 0 Å². The molecule has 1 unspecified atom stereocenters. The summed E-state index contributed by atoms with van der Waals surface area (Å²) in [6.45, 7) is 12.3. The summed E-state index contributed by atoms with van der Waals surface area (Å²) in [5, 5.41) is 5.73. The molecule has 0 fully saturated rings. The van der Waals surface area contributed by atoms with Crippen molar-refractivity contribution in [3.05, 3.63) is 33.5 Å². The van der Waals surface area contributed by atoms with Crippen LogP contribution in [0.4, 0.5) is 4.79 Å². The summed E-state index contributed by atoms with van der Waals surface area (Å²) in [7, 11) is 0. The number of aryl methyl sites for hydroxylation is 1. The molecule has 0 bridgehead atoms. The van der Waals surface area contributed by atoms with Gasteiger partial charge in [0.05, 0.1) is 0 Å². The molecular formula is C18H28N2O2S. The smallest absolute Gasteiger partial charge is 0.410 e. The zero-order chi connectivity index (χ0) is 17.0. The van der Waals surface area contributed by atoms with Crippen LogP contribution in [0.25, 0.3) is 0 Å². The topological polar surface area (TPSA) is 41.6 Å². The van der Waals surface area contributed by atoms with Crippen molar-refractivity contribution in [2.75, 3.05) is 19.6 Å². The van der Waals surface area contributed by atoms with Gasteiger partial charge in [-0.15, -0.1) is 11.3 Å². The average molecular weight is 337 g/mol. The van der Waals surface area contributed by atoms with Gasteiger partial charge in [0.2, 0.25) is 0 Å². The van der Waals surface area contributed by atoms with Crippen molar-refractivity contribution in [3.63, 3.8) is 0 Å². The van der Waals surface area contributed by atoms with Crippen LogP contribution in [0.15, 0.2) is 23.1 Å². The molecule has 0 aliphatic carbocycles. The zero-order valence-corrected chi connectivity index (χ0v) is 15.6. The number of hydrogen-bond donors (Lipinski definition) is 1. The molecule has 1 amide bonds. The van der Waals surface area contributed by atoms with Crippen LogP contribution in [0.3, 0.4) is 0 Å². The van der Waals surface area contributed by atoms with Crippen molar-refractivity contribution in [3.8, 4) is 0 Å². The summed E-state index contributed by atoms with van der Waals surface area (Å²) >= 11 is 1.80. The number of carbonyl (C=O) groups is 1. The third kappa shape index (κ3) is 5.36. The summed E-state index contributed by atoms with van der Waals surface area (Å²) in [6, 6.07) is 2.52. The molecule has 0 saturated carbocycles. The number of nitrogens with zero attached hydrogens (tertiary/aromatic N) is 1. The van der Waals surface area contributed by atoms with E-state index in [-0.39, 0.29) is 6.09 Å². The molecule has 1 aliphatic heterocycles. The normalized spacial score (nSPS) is 16.9. The van der Waals surface area contributed by atoms with E-state index in [9.17, 15) is 4.79 Å². The minimum absolute atomic E-state index is 0.219. The Morgan fingerprint density at radius 3 is 2.74 bits per heavy atom. The molecule has 4 nitrogen and oxygen atoms in total. The monoisotopic (exact) mass is 336 g/mol. The fourth-order valence-corrected chi connectivity index (χ4v) is 3.53. The van der Waals surface area contributed by atoms with Crippen molar-refractivity contribution in [2.24, 2.45) is 0 Å². The molecule has 1 aromatic rings. The molecule has 2 heterocycles. The van der Waals surface area contributed by atoms with Crippen molar-refractivity contribution in [1.82, 2.24) is 10.2 Å². The zero-order valence-electron chi connectivity index (χ0n) is 14.8. The third-order valence-corrected chi connectivity index (χ3v) is 5.09. The Labute approximate surface area is 143 Å². The number of ether oxygens (including phenoxy) is 1. The van der Waals surface area contributed by atoms with Crippen molar-refractivity contribution in [1.29, 1.82) is 0 Å². The van der Waals surface area contributed by atoms with E-state index in [0.717, 1.165) is 19.5 Å². The predicted molar refractivity (Wildman–Crippen MR) is 96.0 cm³/mol. The number of amides is 1. The van der Waals surface area contributed by atoms with Crippen molar-refractivity contribution < 1.29 is 9.53 Å². The van der Waals surface area contributed by atoms with Gasteiger partial charge < -0.3 is 15.0 Å². The van der Waals surface area contributed by atoms with Gasteiger partial charge in [0.1, 0.15) is 5.60 Å². The number of nitrogens with one attached hydrogen (secondary N) is 1. The third-order valence-electron chi connectivity index (χ3n) is 3.89. The van der Waals surface area contributed by atoms with Gasteiger partial charge in [0.25, 0.3) is 0 Å². The Kier molecular flexibility index (Phi) is 5.87. The highest BCUT2D eigenvalue weighted by molar-refractivity contribution is 7.10. The predicted octanol–water partition coefficient (Wildman–Crippen LogP) is 4.27. The molecule has 2 rings (SSSR count). The molecule has 1 atom stereocenters. The van der Waals surface area contributed by atoms with Gasteiger partial charge in [-0.1, -0.05) is 11.6 Å². The summed E-state index contributed by atoms with van der Waals surface area (Å²) in [6.07, 6.45) is 2.83. The summed E-state index contributed by atoms with van der Waals surface area (Å²) in [5.41, 5.74) is 2.28. The maximum absolute atomic E-state index is 12.0. The van der Waals surface area contributed by atoms with E-state index >= 15 is 0 Å². The second-order valence-electron chi connectivity index (χ2n) is 7.11. The molecular weight excluding hydrogens is 308 g/mol. The van der Waals surface area contributed by atoms with E-state index in [1.165, 1.54) is 16.0 Å². The van der Waals surface area contributed by atoms with E-state index in [0.29, 0.717) is 12.6 Å². The molecule has 1 aliphatic rings. The van der Waals surface area contributed by atoms with Crippen LogP contribution in [-0.2, 0) is 4.74 Å². The molecule has 0 spiro atoms. The lowest BCUT2D eigenvalue weighted by Crippen LogP contribution is -2.40. The van der Waals surface area contributed by atoms with Crippen LogP contribution in [0.1, 0.15) is 50.6 Å². The molecule has 1 aromatic heterocycles. The molecule has 23 heavy (non-hydrogen) atoms. The van der Waals surface area contributed by atoms with Crippen molar-refractivity contribution >= 4 is 17.4 Å². The van der Waals surface area contributed by atoms with Crippen molar-refractivity contribution in [2.45, 2.75) is 52.7 Å². The second kappa shape index (κ2) is 7.49. The van der Waals surface area contributed by atoms with E-state index in [1.807, 2.05) is 20.8 Å². The Bertz CT molecular complexity index is 572. The quantitative estimate of drug-likeness (QED) is 0.835. The average Bonchev–Trinajstić information content (AvgIpc) is 2.90. The van der Waals surface area contributed by atoms with Crippen LogP contribution in [-0.4, -0.2) is 36.2 Å². The molecule has 128 valence electrons. The minimum atomic E-state index is -0.434. The SMILES string of the molecule is Cc1ccsc1C(C)NCC1=CCN(C(=O)OC(C)(C)C)CC1. The standard InChI is InChI=1S/C18H28N2O2S/c1-13-8-11-23-16(13)14(2)19-12-15-6-9-20(10-7-15)17(21)22-18(3,4)5/h6,8,11,14,19H,7,9-10,12H2,1-5H3. The van der Waals surface area contributed by atoms with Crippen LogP contribution in [0, 0.1) is 6.92 Å². The Balaban J connectivity index is 1.81. The van der Waals surface area contributed by atoms with E-state index in [1.54, 1.807) is 16.2 Å². The lowest BCUT2D eigenvalue weighted by molar-refractivity contribution is 0.0265. The van der Waals surface area contributed by atoms with Crippen LogP contribution in [0.2, 0.25) is 0 Å². The summed E-state index contributed by atoms with van der Waals surface area (Å²) in [4.78, 5) is 15.2. The number of thiophene rings is 1. The highest BCUT2D eigenvalue weighted by atomic mass is 32.1. The first kappa shape index (κ1) is 18.0. The number of carbonyl (C=O) groups excluding carboxylic acids is 1. The summed E-state index contributed by atoms with van der Waals surface area (Å²) in [5.74, 6) is 0. The second-order valence-corrected chi connectivity index (χ2v) is 8.06. The Morgan fingerprint density at radius 2 is 2.22 bits per heavy atom. The van der Waals surface area contributed by atoms with Gasteiger partial charge in [-0.2, -0.15) is 0 Å². The summed E-state index contributed by atoms with van der Waals surface area (Å²) < 4.78 is 5.42. The largest absolute Gasteiger partial charge is 0.444 e. The molecule has 1 N–H and O–H groups in total. The maximum Gasteiger partial charge on any atom is 0.410 e. The lowest BCUT2D eigenvalue weighted by Gasteiger charge is -2.30. The van der Waals surface area contributed by atoms with Crippen LogP contribution >= 0.6 is 11.3 Å². The van der Waals surface area contributed by atoms with Gasteiger partial charge >= 0.3 is 6.09 Å². The van der Waals surface area contributed by atoms with E-state index in [2.05, 4.69) is 36.7 Å². The number of rotatable bonds is 4. The minimum Gasteiger partial charge on any atom is -0.444 e.